The average Bonchev–Trinajstić information content (AvgIpc) is 3.07. The van der Waals surface area contributed by atoms with E-state index in [1.165, 1.54) is 10.9 Å². The molecule has 3 heterocycles. The number of fused-ring (bicyclic) bond motifs is 1. The van der Waals surface area contributed by atoms with Crippen molar-refractivity contribution in [2.75, 3.05) is 12.3 Å². The molecule has 2 aromatic rings. The molecule has 0 radical (unpaired) electrons. The summed E-state index contributed by atoms with van der Waals surface area (Å²) in [6, 6.07) is 0. The van der Waals surface area contributed by atoms with E-state index < -0.39 is 25.1 Å². The molecule has 2 aromatic heterocycles. The van der Waals surface area contributed by atoms with Gasteiger partial charge in [-0.15, -0.1) is 0 Å². The Morgan fingerprint density at radius 1 is 1.46 bits per heavy atom. The van der Waals surface area contributed by atoms with Crippen LogP contribution in [0.2, 0.25) is 18.1 Å². The molecule has 0 aliphatic carbocycles. The SMILES string of the molecule is CC(C)(C)[Si](C)(C)[C@@]1(O)C=C(CO)O[C@H]1n1cnc2c(=O)[nH]c(N)nc21. The van der Waals surface area contributed by atoms with Gasteiger partial charge in [-0.3, -0.25) is 14.3 Å². The molecule has 142 valence electrons. The van der Waals surface area contributed by atoms with Crippen molar-refractivity contribution in [2.24, 2.45) is 0 Å². The molecule has 0 fully saturated rings. The maximum absolute atomic E-state index is 12.1. The predicted molar refractivity (Wildman–Crippen MR) is 100.0 cm³/mol. The fourth-order valence-electron chi connectivity index (χ4n) is 3.14. The molecule has 0 spiro atoms. The molecular weight excluding hydrogens is 354 g/mol. The Labute approximate surface area is 151 Å². The van der Waals surface area contributed by atoms with Crippen LogP contribution in [0.4, 0.5) is 5.95 Å². The molecule has 0 saturated carbocycles. The second-order valence-electron chi connectivity index (χ2n) is 8.21. The molecule has 9 nitrogen and oxygen atoms in total. The molecule has 5 N–H and O–H groups in total. The van der Waals surface area contributed by atoms with E-state index in [2.05, 4.69) is 48.8 Å². The second kappa shape index (κ2) is 5.66. The molecule has 2 atom stereocenters. The summed E-state index contributed by atoms with van der Waals surface area (Å²) in [5.74, 6) is 0.232. The van der Waals surface area contributed by atoms with Gasteiger partial charge in [0, 0.05) is 0 Å². The largest absolute Gasteiger partial charge is 0.469 e. The molecule has 1 aliphatic heterocycles. The zero-order valence-electron chi connectivity index (χ0n) is 15.6. The number of ether oxygens (including phenoxy) is 1. The van der Waals surface area contributed by atoms with Crippen molar-refractivity contribution < 1.29 is 14.9 Å². The van der Waals surface area contributed by atoms with Crippen LogP contribution in [0.1, 0.15) is 27.0 Å². The zero-order valence-corrected chi connectivity index (χ0v) is 16.6. The minimum atomic E-state index is -2.44. The quantitative estimate of drug-likeness (QED) is 0.581. The van der Waals surface area contributed by atoms with E-state index >= 15 is 0 Å². The Kier molecular flexibility index (Phi) is 4.05. The number of nitrogens with two attached hydrogens (primary N) is 1. The first-order chi connectivity index (χ1) is 11.9. The molecule has 0 amide bonds. The molecule has 0 unspecified atom stereocenters. The Hall–Kier alpha value is -2.17. The van der Waals surface area contributed by atoms with Gasteiger partial charge in [-0.25, -0.2) is 4.98 Å². The van der Waals surface area contributed by atoms with Gasteiger partial charge in [0.2, 0.25) is 12.2 Å². The molecule has 10 heteroatoms. The standard InChI is InChI=1S/C16H25N5O4Si/c1-15(2,3)26(4,5)16(24)6-9(7-22)25-13(16)21-8-18-10-11(21)19-14(17)20-12(10)23/h6,8,13,22,24H,7H2,1-5H3,(H3,17,19,20,23)/t13-,16+/m1/s1. The van der Waals surface area contributed by atoms with Gasteiger partial charge in [-0.05, 0) is 11.1 Å². The lowest BCUT2D eigenvalue weighted by Gasteiger charge is -2.48. The smallest absolute Gasteiger partial charge is 0.280 e. The summed E-state index contributed by atoms with van der Waals surface area (Å²) < 4.78 is 7.38. The molecule has 0 aromatic carbocycles. The third-order valence-corrected chi connectivity index (χ3v) is 11.9. The first-order valence-electron chi connectivity index (χ1n) is 8.36. The van der Waals surface area contributed by atoms with Gasteiger partial charge in [-0.2, -0.15) is 4.98 Å². The molecule has 0 bridgehead atoms. The van der Waals surface area contributed by atoms with Crippen LogP contribution in [-0.2, 0) is 4.74 Å². The van der Waals surface area contributed by atoms with Gasteiger partial charge in [0.25, 0.3) is 5.56 Å². The van der Waals surface area contributed by atoms with Crippen LogP contribution in [0.25, 0.3) is 11.2 Å². The lowest BCUT2D eigenvalue weighted by molar-refractivity contribution is -0.0344. The first-order valence-corrected chi connectivity index (χ1v) is 11.4. The van der Waals surface area contributed by atoms with Crippen LogP contribution in [0, 0.1) is 0 Å². The van der Waals surface area contributed by atoms with Gasteiger partial charge < -0.3 is 20.7 Å². The Morgan fingerprint density at radius 3 is 2.69 bits per heavy atom. The lowest BCUT2D eigenvalue weighted by atomic mass is 10.2. The summed E-state index contributed by atoms with van der Waals surface area (Å²) in [5.41, 5.74) is 5.54. The maximum atomic E-state index is 12.1. The van der Waals surface area contributed by atoms with E-state index in [4.69, 9.17) is 10.5 Å². The number of aliphatic hydroxyl groups excluding tert-OH is 1. The lowest BCUT2D eigenvalue weighted by Crippen LogP contribution is -2.61. The normalized spacial score (nSPS) is 24.0. The van der Waals surface area contributed by atoms with Gasteiger partial charge in [0.15, 0.2) is 11.2 Å². The van der Waals surface area contributed by atoms with E-state index in [9.17, 15) is 15.0 Å². The first kappa shape index (κ1) is 18.6. The van der Waals surface area contributed by atoms with Crippen LogP contribution < -0.4 is 11.3 Å². The number of rotatable bonds is 3. The molecule has 3 rings (SSSR count). The van der Waals surface area contributed by atoms with Crippen molar-refractivity contribution in [3.05, 3.63) is 28.5 Å². The number of hydrogen-bond donors (Lipinski definition) is 4. The summed E-state index contributed by atoms with van der Waals surface area (Å²) in [6.45, 7) is 10.0. The number of imidazole rings is 1. The highest BCUT2D eigenvalue weighted by atomic mass is 28.3. The highest BCUT2D eigenvalue weighted by Gasteiger charge is 2.60. The van der Waals surface area contributed by atoms with Crippen LogP contribution in [0.15, 0.2) is 23.0 Å². The van der Waals surface area contributed by atoms with Crippen LogP contribution in [0.5, 0.6) is 0 Å². The van der Waals surface area contributed by atoms with E-state index in [0.717, 1.165) is 0 Å². The number of aromatic nitrogens is 4. The van der Waals surface area contributed by atoms with Crippen molar-refractivity contribution in [3.63, 3.8) is 0 Å². The predicted octanol–water partition coefficient (Wildman–Crippen LogP) is 0.886. The van der Waals surface area contributed by atoms with E-state index in [1.807, 2.05) is 0 Å². The number of aliphatic hydroxyl groups is 2. The average molecular weight is 379 g/mol. The van der Waals surface area contributed by atoms with Crippen molar-refractivity contribution in [1.29, 1.82) is 0 Å². The molecular formula is C16H25N5O4Si. The van der Waals surface area contributed by atoms with Crippen molar-refractivity contribution in [3.8, 4) is 0 Å². The number of nitrogens with one attached hydrogen (secondary N) is 1. The van der Waals surface area contributed by atoms with E-state index in [0.29, 0.717) is 0 Å². The van der Waals surface area contributed by atoms with Crippen molar-refractivity contribution in [2.45, 2.75) is 50.4 Å². The minimum Gasteiger partial charge on any atom is -0.469 e. The molecule has 1 aliphatic rings. The highest BCUT2D eigenvalue weighted by Crippen LogP contribution is 2.51. The Balaban J connectivity index is 2.23. The topological polar surface area (TPSA) is 139 Å². The van der Waals surface area contributed by atoms with E-state index in [1.54, 1.807) is 6.08 Å². The number of nitrogen functional groups attached to an aromatic ring is 1. The number of aromatic amines is 1. The third kappa shape index (κ3) is 2.48. The van der Waals surface area contributed by atoms with Crippen LogP contribution in [-0.4, -0.2) is 49.6 Å². The van der Waals surface area contributed by atoms with Crippen molar-refractivity contribution in [1.82, 2.24) is 19.5 Å². The fourth-order valence-corrected chi connectivity index (χ4v) is 5.68. The number of nitrogens with zero attached hydrogens (tertiary/aromatic N) is 3. The zero-order chi connectivity index (χ0) is 19.5. The van der Waals surface area contributed by atoms with E-state index in [-0.39, 0.29) is 34.5 Å². The summed E-state index contributed by atoms with van der Waals surface area (Å²) in [4.78, 5) is 22.7. The van der Waals surface area contributed by atoms with Gasteiger partial charge >= 0.3 is 0 Å². The highest BCUT2D eigenvalue weighted by molar-refractivity contribution is 6.83. The Morgan fingerprint density at radius 2 is 2.12 bits per heavy atom. The van der Waals surface area contributed by atoms with Crippen LogP contribution >= 0.6 is 0 Å². The number of H-pyrrole nitrogens is 1. The number of hydrogen-bond acceptors (Lipinski definition) is 7. The summed E-state index contributed by atoms with van der Waals surface area (Å²) in [7, 11) is -2.44. The fraction of sp³-hybridized carbons (Fsp3) is 0.562. The van der Waals surface area contributed by atoms with Gasteiger partial charge in [-0.1, -0.05) is 33.9 Å². The molecule has 26 heavy (non-hydrogen) atoms. The summed E-state index contributed by atoms with van der Waals surface area (Å²) in [6.07, 6.45) is 2.10. The van der Waals surface area contributed by atoms with Crippen molar-refractivity contribution >= 4 is 25.2 Å². The summed E-state index contributed by atoms with van der Waals surface area (Å²) >= 11 is 0. The monoisotopic (exact) mass is 379 g/mol. The van der Waals surface area contributed by atoms with Crippen LogP contribution in [0.3, 0.4) is 0 Å². The maximum Gasteiger partial charge on any atom is 0.280 e. The minimum absolute atomic E-state index is 0.0477. The third-order valence-electron chi connectivity index (χ3n) is 5.76. The Bertz CT molecular complexity index is 942. The molecule has 0 saturated heterocycles. The van der Waals surface area contributed by atoms with Gasteiger partial charge in [0.05, 0.1) is 0 Å². The summed E-state index contributed by atoms with van der Waals surface area (Å²) in [5, 5.41) is 19.8. The van der Waals surface area contributed by atoms with Gasteiger partial charge in [0.1, 0.15) is 32.0 Å². The number of anilines is 1. The second-order valence-corrected chi connectivity index (χ2v) is 13.8.